The largest absolute Gasteiger partial charge is 0.488 e. The normalized spacial score (nSPS) is 18.7. The molecule has 0 aromatic heterocycles. The Morgan fingerprint density at radius 1 is 1.36 bits per heavy atom. The van der Waals surface area contributed by atoms with Crippen LogP contribution in [0.3, 0.4) is 0 Å². The topological polar surface area (TPSA) is 59.6 Å². The maximum absolute atomic E-state index is 13.3. The zero-order chi connectivity index (χ0) is 18.7. The van der Waals surface area contributed by atoms with E-state index in [1.807, 2.05) is 0 Å². The fourth-order valence-electron chi connectivity index (χ4n) is 2.43. The standard InChI is InChI=1S/C17H23F3N2O3/c1-16(2,3)25-12-5-4-11(13(8-12)17(18,19)20)9-22-15(23)14-10-24-7-6-21-14/h4-5,8,14,21H,6-7,9-10H2,1-3H3,(H,22,23). The predicted octanol–water partition coefficient (Wildman–Crippen LogP) is 2.49. The number of amides is 1. The van der Waals surface area contributed by atoms with Gasteiger partial charge < -0.3 is 20.1 Å². The van der Waals surface area contributed by atoms with E-state index in [4.69, 9.17) is 9.47 Å². The summed E-state index contributed by atoms with van der Waals surface area (Å²) in [6.45, 7) is 6.30. The molecule has 1 fully saturated rings. The number of carbonyl (C=O) groups is 1. The third-order valence-electron chi connectivity index (χ3n) is 3.50. The van der Waals surface area contributed by atoms with Crippen LogP contribution in [0.15, 0.2) is 18.2 Å². The Labute approximate surface area is 144 Å². The number of nitrogens with one attached hydrogen (secondary N) is 2. The summed E-state index contributed by atoms with van der Waals surface area (Å²) < 4.78 is 50.7. The number of hydrogen-bond donors (Lipinski definition) is 2. The van der Waals surface area contributed by atoms with E-state index in [0.717, 1.165) is 6.07 Å². The SMILES string of the molecule is CC(C)(C)Oc1ccc(CNC(=O)C2COCCN2)c(C(F)(F)F)c1. The maximum atomic E-state index is 13.3. The summed E-state index contributed by atoms with van der Waals surface area (Å²) in [7, 11) is 0. The summed E-state index contributed by atoms with van der Waals surface area (Å²) in [6.07, 6.45) is -4.54. The second-order valence-electron chi connectivity index (χ2n) is 6.83. The minimum Gasteiger partial charge on any atom is -0.488 e. The molecule has 5 nitrogen and oxygen atoms in total. The van der Waals surface area contributed by atoms with Crippen LogP contribution in [0.2, 0.25) is 0 Å². The molecule has 140 valence electrons. The second-order valence-corrected chi connectivity index (χ2v) is 6.83. The molecule has 1 saturated heterocycles. The fraction of sp³-hybridized carbons (Fsp3) is 0.588. The van der Waals surface area contributed by atoms with Gasteiger partial charge in [0.05, 0.1) is 18.8 Å². The van der Waals surface area contributed by atoms with Gasteiger partial charge in [0.15, 0.2) is 0 Å². The second kappa shape index (κ2) is 7.61. The van der Waals surface area contributed by atoms with Crippen molar-refractivity contribution in [1.29, 1.82) is 0 Å². The molecular formula is C17H23F3N2O3. The van der Waals surface area contributed by atoms with Crippen LogP contribution in [-0.2, 0) is 22.3 Å². The number of hydrogen-bond acceptors (Lipinski definition) is 4. The van der Waals surface area contributed by atoms with Crippen LogP contribution in [-0.4, -0.2) is 37.3 Å². The molecule has 1 amide bonds. The Morgan fingerprint density at radius 3 is 2.64 bits per heavy atom. The lowest BCUT2D eigenvalue weighted by Crippen LogP contribution is -2.51. The van der Waals surface area contributed by atoms with Crippen LogP contribution in [0.25, 0.3) is 0 Å². The van der Waals surface area contributed by atoms with Gasteiger partial charge in [-0.3, -0.25) is 4.79 Å². The minimum atomic E-state index is -4.54. The van der Waals surface area contributed by atoms with Gasteiger partial charge in [-0.1, -0.05) is 6.07 Å². The summed E-state index contributed by atoms with van der Waals surface area (Å²) in [4.78, 5) is 12.0. The molecule has 0 saturated carbocycles. The first-order chi connectivity index (χ1) is 11.6. The van der Waals surface area contributed by atoms with Crippen LogP contribution in [0.1, 0.15) is 31.9 Å². The molecule has 2 rings (SSSR count). The highest BCUT2D eigenvalue weighted by Crippen LogP contribution is 2.35. The van der Waals surface area contributed by atoms with E-state index in [1.165, 1.54) is 12.1 Å². The van der Waals surface area contributed by atoms with Crippen molar-refractivity contribution in [3.05, 3.63) is 29.3 Å². The summed E-state index contributed by atoms with van der Waals surface area (Å²) in [5.41, 5.74) is -1.44. The Balaban J connectivity index is 2.12. The highest BCUT2D eigenvalue weighted by Gasteiger charge is 2.34. The molecule has 8 heteroatoms. The summed E-state index contributed by atoms with van der Waals surface area (Å²) in [5, 5.41) is 5.48. The molecule has 2 N–H and O–H groups in total. The summed E-state index contributed by atoms with van der Waals surface area (Å²) in [6, 6.07) is 3.22. The Kier molecular flexibility index (Phi) is 5.95. The van der Waals surface area contributed by atoms with E-state index in [1.54, 1.807) is 20.8 Å². The van der Waals surface area contributed by atoms with E-state index in [9.17, 15) is 18.0 Å². The molecule has 25 heavy (non-hydrogen) atoms. The molecule has 1 aromatic rings. The monoisotopic (exact) mass is 360 g/mol. The van der Waals surface area contributed by atoms with Crippen LogP contribution in [0, 0.1) is 0 Å². The average Bonchev–Trinajstić information content (AvgIpc) is 2.51. The molecule has 1 aliphatic rings. The van der Waals surface area contributed by atoms with E-state index < -0.39 is 23.4 Å². The minimum absolute atomic E-state index is 0.0150. The van der Waals surface area contributed by atoms with Crippen molar-refractivity contribution in [2.75, 3.05) is 19.8 Å². The van der Waals surface area contributed by atoms with Gasteiger partial charge in [0.2, 0.25) is 5.91 Å². The van der Waals surface area contributed by atoms with Gasteiger partial charge in [-0.05, 0) is 38.5 Å². The van der Waals surface area contributed by atoms with E-state index in [-0.39, 0.29) is 30.4 Å². The molecule has 0 spiro atoms. The van der Waals surface area contributed by atoms with E-state index >= 15 is 0 Å². The number of halogens is 3. The smallest absolute Gasteiger partial charge is 0.416 e. The Morgan fingerprint density at radius 2 is 2.08 bits per heavy atom. The number of morpholine rings is 1. The lowest BCUT2D eigenvalue weighted by Gasteiger charge is -2.24. The number of benzene rings is 1. The first-order valence-electron chi connectivity index (χ1n) is 8.04. The lowest BCUT2D eigenvalue weighted by atomic mass is 10.1. The predicted molar refractivity (Wildman–Crippen MR) is 86.3 cm³/mol. The molecule has 1 heterocycles. The van der Waals surface area contributed by atoms with Crippen LogP contribution in [0.4, 0.5) is 13.2 Å². The zero-order valence-electron chi connectivity index (χ0n) is 14.5. The summed E-state index contributed by atoms with van der Waals surface area (Å²) >= 11 is 0. The molecule has 0 aliphatic carbocycles. The highest BCUT2D eigenvalue weighted by atomic mass is 19.4. The van der Waals surface area contributed by atoms with Crippen LogP contribution in [0.5, 0.6) is 5.75 Å². The molecular weight excluding hydrogens is 337 g/mol. The number of carbonyl (C=O) groups excluding carboxylic acids is 1. The van der Waals surface area contributed by atoms with Crippen LogP contribution >= 0.6 is 0 Å². The number of rotatable bonds is 4. The molecule has 1 atom stereocenters. The quantitative estimate of drug-likeness (QED) is 0.866. The molecule has 0 bridgehead atoms. The first kappa shape index (κ1) is 19.5. The van der Waals surface area contributed by atoms with Crippen LogP contribution < -0.4 is 15.4 Å². The van der Waals surface area contributed by atoms with Crippen molar-refractivity contribution in [2.24, 2.45) is 0 Å². The Hall–Kier alpha value is -1.80. The number of ether oxygens (including phenoxy) is 2. The zero-order valence-corrected chi connectivity index (χ0v) is 14.5. The van der Waals surface area contributed by atoms with Crippen molar-refractivity contribution in [1.82, 2.24) is 10.6 Å². The summed E-state index contributed by atoms with van der Waals surface area (Å²) in [5.74, 6) is -0.250. The van der Waals surface area contributed by atoms with E-state index in [0.29, 0.717) is 13.2 Å². The fourth-order valence-corrected chi connectivity index (χ4v) is 2.43. The van der Waals surface area contributed by atoms with Crippen molar-refractivity contribution in [3.63, 3.8) is 0 Å². The number of alkyl halides is 3. The van der Waals surface area contributed by atoms with Gasteiger partial charge in [0.1, 0.15) is 17.4 Å². The van der Waals surface area contributed by atoms with Gasteiger partial charge in [-0.15, -0.1) is 0 Å². The third-order valence-corrected chi connectivity index (χ3v) is 3.50. The Bertz CT molecular complexity index is 606. The van der Waals surface area contributed by atoms with Crippen molar-refractivity contribution >= 4 is 5.91 Å². The van der Waals surface area contributed by atoms with Crippen molar-refractivity contribution < 1.29 is 27.4 Å². The van der Waals surface area contributed by atoms with E-state index in [2.05, 4.69) is 10.6 Å². The molecule has 1 unspecified atom stereocenters. The highest BCUT2D eigenvalue weighted by molar-refractivity contribution is 5.82. The third kappa shape index (κ3) is 5.89. The lowest BCUT2D eigenvalue weighted by molar-refractivity contribution is -0.138. The van der Waals surface area contributed by atoms with Crippen molar-refractivity contribution in [2.45, 2.75) is 45.1 Å². The van der Waals surface area contributed by atoms with Gasteiger partial charge in [0.25, 0.3) is 0 Å². The average molecular weight is 360 g/mol. The van der Waals surface area contributed by atoms with Gasteiger partial charge in [-0.25, -0.2) is 0 Å². The maximum Gasteiger partial charge on any atom is 0.416 e. The van der Waals surface area contributed by atoms with Gasteiger partial charge >= 0.3 is 6.18 Å². The molecule has 1 aromatic carbocycles. The molecule has 1 aliphatic heterocycles. The van der Waals surface area contributed by atoms with Gasteiger partial charge in [-0.2, -0.15) is 13.2 Å². The van der Waals surface area contributed by atoms with Crippen molar-refractivity contribution in [3.8, 4) is 5.75 Å². The van der Waals surface area contributed by atoms with Gasteiger partial charge in [0, 0.05) is 13.1 Å². The molecule has 0 radical (unpaired) electrons. The first-order valence-corrected chi connectivity index (χ1v) is 8.04.